The molecule has 0 unspecified atom stereocenters. The maximum absolute atomic E-state index is 14.4. The van der Waals surface area contributed by atoms with Gasteiger partial charge in [0.05, 0.1) is 26.2 Å². The average molecular weight is 535 g/mol. The predicted molar refractivity (Wildman–Crippen MR) is 140 cm³/mol. The van der Waals surface area contributed by atoms with Crippen molar-refractivity contribution in [2.24, 2.45) is 34.0 Å². The van der Waals surface area contributed by atoms with Crippen LogP contribution in [0.15, 0.2) is 36.4 Å². The van der Waals surface area contributed by atoms with E-state index in [9.17, 15) is 19.2 Å². The molecule has 4 aliphatic carbocycles. The lowest BCUT2D eigenvalue weighted by Crippen LogP contribution is -2.71. The van der Waals surface area contributed by atoms with Crippen LogP contribution in [-0.4, -0.2) is 56.4 Å². The van der Waals surface area contributed by atoms with Crippen molar-refractivity contribution in [2.75, 3.05) is 20.8 Å². The zero-order valence-electron chi connectivity index (χ0n) is 22.8. The monoisotopic (exact) mass is 534 g/mol. The number of hydrogen-bond acceptors (Lipinski definition) is 8. The summed E-state index contributed by atoms with van der Waals surface area (Å²) in [6, 6.07) is 5.22. The maximum Gasteiger partial charge on any atom is 0.331 e. The highest BCUT2D eigenvalue weighted by molar-refractivity contribution is 6.21. The Bertz CT molecular complexity index is 1340. The highest BCUT2D eigenvalue weighted by Crippen LogP contribution is 2.72. The summed E-state index contributed by atoms with van der Waals surface area (Å²) < 4.78 is 22.7. The van der Waals surface area contributed by atoms with Gasteiger partial charge in [0.15, 0.2) is 23.1 Å². The molecule has 4 saturated carbocycles. The lowest BCUT2D eigenvalue weighted by Gasteiger charge is -2.60. The normalized spacial score (nSPS) is 38.0. The molecule has 1 aromatic carbocycles. The number of ether oxygens (including phenoxy) is 4. The summed E-state index contributed by atoms with van der Waals surface area (Å²) >= 11 is 0. The molecule has 4 bridgehead atoms. The standard InChI is InChI=1S/C31H34O8/c1-16-18-8-10-21-30-15-38-24(25(30)29(2,3)13-12-22(30)32)27(35)31(21,26(16)34)28(18)39-23(33)11-7-17-6-9-19(36-4)20(14-17)37-5/h6-7,9,11,14,18,21,24-25,28H,1,8,10,12-13,15H2,2-5H3/b11-7+/t18-,21-,24+,25+,28+,30+,31+/m0/s1. The van der Waals surface area contributed by atoms with E-state index in [-0.39, 0.29) is 35.3 Å². The molecule has 1 aromatic rings. The van der Waals surface area contributed by atoms with E-state index in [4.69, 9.17) is 18.9 Å². The van der Waals surface area contributed by atoms with Gasteiger partial charge in [0.1, 0.15) is 23.4 Å². The number of fused-ring (bicyclic) bond motifs is 1. The minimum Gasteiger partial charge on any atom is -0.493 e. The number of esters is 1. The molecule has 0 N–H and O–H groups in total. The summed E-state index contributed by atoms with van der Waals surface area (Å²) in [7, 11) is 3.07. The smallest absolute Gasteiger partial charge is 0.331 e. The second-order valence-corrected chi connectivity index (χ2v) is 12.3. The minimum absolute atomic E-state index is 0.0633. The van der Waals surface area contributed by atoms with Crippen LogP contribution in [0.2, 0.25) is 0 Å². The van der Waals surface area contributed by atoms with Crippen LogP contribution in [0.5, 0.6) is 11.5 Å². The Morgan fingerprint density at radius 2 is 1.85 bits per heavy atom. The number of rotatable bonds is 5. The van der Waals surface area contributed by atoms with E-state index in [0.717, 1.165) is 0 Å². The van der Waals surface area contributed by atoms with Gasteiger partial charge in [-0.1, -0.05) is 26.5 Å². The van der Waals surface area contributed by atoms with Gasteiger partial charge in [-0.05, 0) is 59.9 Å². The largest absolute Gasteiger partial charge is 0.493 e. The average Bonchev–Trinajstić information content (AvgIpc) is 3.35. The molecule has 7 atom stereocenters. The quantitative estimate of drug-likeness (QED) is 0.320. The highest BCUT2D eigenvalue weighted by Gasteiger charge is 2.82. The van der Waals surface area contributed by atoms with Gasteiger partial charge < -0.3 is 18.9 Å². The van der Waals surface area contributed by atoms with Crippen molar-refractivity contribution in [1.29, 1.82) is 0 Å². The van der Waals surface area contributed by atoms with E-state index in [2.05, 4.69) is 20.4 Å². The van der Waals surface area contributed by atoms with Crippen LogP contribution in [0.1, 0.15) is 45.1 Å². The highest BCUT2D eigenvalue weighted by atomic mass is 16.5. The van der Waals surface area contributed by atoms with Crippen LogP contribution in [0.4, 0.5) is 0 Å². The van der Waals surface area contributed by atoms with Crippen LogP contribution < -0.4 is 9.47 Å². The molecular weight excluding hydrogens is 500 g/mol. The van der Waals surface area contributed by atoms with Crippen LogP contribution in [0.3, 0.4) is 0 Å². The molecule has 1 saturated heterocycles. The van der Waals surface area contributed by atoms with Crippen molar-refractivity contribution in [3.8, 4) is 11.5 Å². The first-order valence-corrected chi connectivity index (χ1v) is 13.6. The van der Waals surface area contributed by atoms with Crippen molar-refractivity contribution >= 4 is 29.4 Å². The molecule has 6 rings (SSSR count). The number of carbonyl (C=O) groups excluding carboxylic acids is 4. The van der Waals surface area contributed by atoms with E-state index in [1.165, 1.54) is 13.2 Å². The molecular formula is C31H34O8. The van der Waals surface area contributed by atoms with Crippen molar-refractivity contribution in [1.82, 2.24) is 0 Å². The van der Waals surface area contributed by atoms with Gasteiger partial charge in [-0.2, -0.15) is 0 Å². The summed E-state index contributed by atoms with van der Waals surface area (Å²) in [6.45, 7) is 8.35. The molecule has 1 heterocycles. The fourth-order valence-corrected chi connectivity index (χ4v) is 8.71. The lowest BCUT2D eigenvalue weighted by molar-refractivity contribution is -0.195. The van der Waals surface area contributed by atoms with Gasteiger partial charge in [-0.25, -0.2) is 4.79 Å². The number of Topliss-reactive ketones (excluding diaryl/α,β-unsaturated/α-hetero) is 3. The Labute approximate surface area is 227 Å². The molecule has 206 valence electrons. The predicted octanol–water partition coefficient (Wildman–Crippen LogP) is 3.75. The minimum atomic E-state index is -1.63. The van der Waals surface area contributed by atoms with Crippen molar-refractivity contribution < 1.29 is 38.1 Å². The number of benzene rings is 1. The van der Waals surface area contributed by atoms with Crippen molar-refractivity contribution in [2.45, 2.75) is 51.7 Å². The third-order valence-electron chi connectivity index (χ3n) is 10.3. The van der Waals surface area contributed by atoms with Crippen LogP contribution >= 0.6 is 0 Å². The summed E-state index contributed by atoms with van der Waals surface area (Å²) in [5.74, 6) is -1.60. The molecule has 0 amide bonds. The van der Waals surface area contributed by atoms with Crippen molar-refractivity contribution in [3.63, 3.8) is 0 Å². The zero-order valence-corrected chi connectivity index (χ0v) is 22.8. The molecule has 8 heteroatoms. The fourth-order valence-electron chi connectivity index (χ4n) is 8.71. The Balaban J connectivity index is 1.37. The van der Waals surface area contributed by atoms with Crippen LogP contribution in [0.25, 0.3) is 6.08 Å². The van der Waals surface area contributed by atoms with Crippen LogP contribution in [-0.2, 0) is 28.7 Å². The molecule has 0 radical (unpaired) electrons. The molecule has 5 aliphatic rings. The molecule has 1 aliphatic heterocycles. The van der Waals surface area contributed by atoms with Crippen LogP contribution in [0, 0.1) is 34.0 Å². The van der Waals surface area contributed by atoms with E-state index >= 15 is 0 Å². The maximum atomic E-state index is 14.4. The molecule has 5 fully saturated rings. The number of methoxy groups -OCH3 is 2. The molecule has 0 aromatic heterocycles. The first-order valence-electron chi connectivity index (χ1n) is 13.6. The number of carbonyl (C=O) groups is 4. The Kier molecular flexibility index (Phi) is 5.74. The van der Waals surface area contributed by atoms with E-state index in [1.807, 2.05) is 0 Å². The van der Waals surface area contributed by atoms with Crippen molar-refractivity contribution in [3.05, 3.63) is 42.0 Å². The first-order chi connectivity index (χ1) is 18.5. The summed E-state index contributed by atoms with van der Waals surface area (Å²) in [4.78, 5) is 55.3. The Morgan fingerprint density at radius 1 is 1.10 bits per heavy atom. The lowest BCUT2D eigenvalue weighted by atomic mass is 9.40. The number of hydrogen-bond donors (Lipinski definition) is 0. The molecule has 8 nitrogen and oxygen atoms in total. The molecule has 39 heavy (non-hydrogen) atoms. The third-order valence-corrected chi connectivity index (χ3v) is 10.3. The van der Waals surface area contributed by atoms with Gasteiger partial charge in [0.25, 0.3) is 0 Å². The summed E-state index contributed by atoms with van der Waals surface area (Å²) in [5.41, 5.74) is -1.87. The summed E-state index contributed by atoms with van der Waals surface area (Å²) in [6.07, 6.45) is 3.08. The van der Waals surface area contributed by atoms with Gasteiger partial charge in [-0.15, -0.1) is 0 Å². The molecule has 1 spiro atoms. The Morgan fingerprint density at radius 3 is 2.56 bits per heavy atom. The van der Waals surface area contributed by atoms with Gasteiger partial charge in [0.2, 0.25) is 0 Å². The summed E-state index contributed by atoms with van der Waals surface area (Å²) in [5, 5.41) is 0. The van der Waals surface area contributed by atoms with E-state index < -0.39 is 40.8 Å². The first kappa shape index (κ1) is 26.0. The third kappa shape index (κ3) is 3.21. The Hall–Kier alpha value is -3.26. The van der Waals surface area contributed by atoms with Gasteiger partial charge in [-0.3, -0.25) is 14.4 Å². The topological polar surface area (TPSA) is 105 Å². The van der Waals surface area contributed by atoms with E-state index in [1.54, 1.807) is 31.4 Å². The second-order valence-electron chi connectivity index (χ2n) is 12.3. The second kappa shape index (κ2) is 8.62. The van der Waals surface area contributed by atoms with Gasteiger partial charge >= 0.3 is 5.97 Å². The zero-order chi connectivity index (χ0) is 27.9. The van der Waals surface area contributed by atoms with Gasteiger partial charge in [0, 0.05) is 24.3 Å². The SMILES string of the molecule is C=C1C(=O)[C@@]23C(=O)[C@@H]4OC[C@]5(C(=O)CCC(C)(C)[C@@H]45)[C@@H]2CC[C@@H]1[C@H]3OC(=O)/C=C/c1ccc(OC)c(OC)c1. The fraction of sp³-hybridized carbons (Fsp3) is 0.548. The number of ketones is 3. The van der Waals surface area contributed by atoms with E-state index in [0.29, 0.717) is 48.3 Å².